The number of aliphatic hydroxyl groups excluding tert-OH is 1. The quantitative estimate of drug-likeness (QED) is 0.317. The van der Waals surface area contributed by atoms with Gasteiger partial charge in [-0.1, -0.05) is 50.8 Å². The van der Waals surface area contributed by atoms with E-state index >= 15 is 0 Å². The lowest BCUT2D eigenvalue weighted by Crippen LogP contribution is -2.36. The number of carboxylic acids is 1. The molecule has 0 spiro atoms. The van der Waals surface area contributed by atoms with Gasteiger partial charge in [-0.15, -0.1) is 0 Å². The molecule has 0 bridgehead atoms. The highest BCUT2D eigenvalue weighted by Crippen LogP contribution is 2.44. The molecule has 0 aromatic rings. The van der Waals surface area contributed by atoms with Crippen molar-refractivity contribution < 1.29 is 19.8 Å². The van der Waals surface area contributed by atoms with Crippen molar-refractivity contribution in [1.29, 1.82) is 0 Å². The predicted molar refractivity (Wildman–Crippen MR) is 95.8 cm³/mol. The van der Waals surface area contributed by atoms with E-state index < -0.39 is 11.4 Å². The van der Waals surface area contributed by atoms with Crippen LogP contribution in [-0.2, 0) is 9.59 Å². The molecule has 0 saturated heterocycles. The maximum Gasteiger partial charge on any atom is 0.313 e. The highest BCUT2D eigenvalue weighted by molar-refractivity contribution is 5.91. The van der Waals surface area contributed by atoms with Gasteiger partial charge in [-0.2, -0.15) is 0 Å². The molecule has 1 fully saturated rings. The van der Waals surface area contributed by atoms with E-state index in [0.717, 1.165) is 44.9 Å². The van der Waals surface area contributed by atoms with Crippen molar-refractivity contribution in [2.45, 2.75) is 71.1 Å². The Hall–Kier alpha value is -1.42. The fourth-order valence-electron chi connectivity index (χ4n) is 3.61. The molecule has 1 aliphatic rings. The largest absolute Gasteiger partial charge is 0.481 e. The minimum atomic E-state index is -0.962. The number of hydrogen-bond donors (Lipinski definition) is 2. The zero-order valence-electron chi connectivity index (χ0n) is 14.9. The molecule has 4 nitrogen and oxygen atoms in total. The minimum absolute atomic E-state index is 0.0259. The molecule has 0 amide bonds. The first kappa shape index (κ1) is 20.6. The normalized spacial score (nSPS) is 18.4. The Morgan fingerprint density at radius 2 is 1.88 bits per heavy atom. The summed E-state index contributed by atoms with van der Waals surface area (Å²) in [7, 11) is 0. The van der Waals surface area contributed by atoms with E-state index in [2.05, 4.69) is 6.92 Å². The van der Waals surface area contributed by atoms with Crippen molar-refractivity contribution in [1.82, 2.24) is 0 Å². The summed E-state index contributed by atoms with van der Waals surface area (Å²) in [5, 5.41) is 18.8. The van der Waals surface area contributed by atoms with Gasteiger partial charge in [-0.25, -0.2) is 0 Å². The van der Waals surface area contributed by atoms with Gasteiger partial charge >= 0.3 is 5.97 Å². The molecule has 2 N–H and O–H groups in total. The average Bonchev–Trinajstić information content (AvgIpc) is 3.09. The minimum Gasteiger partial charge on any atom is -0.481 e. The fraction of sp³-hybridized carbons (Fsp3) is 0.700. The molecular formula is C20H32O4. The second kappa shape index (κ2) is 11.2. The summed E-state index contributed by atoms with van der Waals surface area (Å²) >= 11 is 0. The predicted octanol–water partition coefficient (Wildman–Crippen LogP) is 4.28. The summed E-state index contributed by atoms with van der Waals surface area (Å²) in [6.07, 6.45) is 15.1. The number of rotatable bonds is 12. The summed E-state index contributed by atoms with van der Waals surface area (Å²) in [6.45, 7) is 2.06. The number of carboxylic acid groups (broad SMARTS) is 1. The van der Waals surface area contributed by atoms with Crippen LogP contribution in [0.5, 0.6) is 0 Å². The Bertz CT molecular complexity index is 447. The molecule has 0 aromatic carbocycles. The number of carbonyl (C=O) groups is 2. The second-order valence-corrected chi connectivity index (χ2v) is 6.78. The highest BCUT2D eigenvalue weighted by Gasteiger charge is 2.44. The first-order chi connectivity index (χ1) is 11.6. The Balaban J connectivity index is 2.86. The lowest BCUT2D eigenvalue weighted by atomic mass is 9.70. The van der Waals surface area contributed by atoms with Crippen LogP contribution < -0.4 is 0 Å². The van der Waals surface area contributed by atoms with E-state index in [0.29, 0.717) is 19.3 Å². The number of unbranched alkanes of at least 4 members (excludes halogenated alkanes) is 2. The van der Waals surface area contributed by atoms with Gasteiger partial charge in [-0.3, -0.25) is 9.59 Å². The summed E-state index contributed by atoms with van der Waals surface area (Å²) in [4.78, 5) is 24.2. The zero-order chi connectivity index (χ0) is 17.8. The van der Waals surface area contributed by atoms with Crippen molar-refractivity contribution in [3.05, 3.63) is 24.3 Å². The fourth-order valence-corrected chi connectivity index (χ4v) is 3.61. The molecule has 0 radical (unpaired) electrons. The van der Waals surface area contributed by atoms with Crippen LogP contribution >= 0.6 is 0 Å². The Morgan fingerprint density at radius 1 is 1.17 bits per heavy atom. The van der Waals surface area contributed by atoms with Crippen molar-refractivity contribution >= 4 is 11.8 Å². The molecule has 136 valence electrons. The number of ketones is 1. The molecule has 4 heteroatoms. The van der Waals surface area contributed by atoms with Gasteiger partial charge < -0.3 is 10.2 Å². The second-order valence-electron chi connectivity index (χ2n) is 6.78. The number of allylic oxidation sites excluding steroid dienone is 2. The first-order valence-corrected chi connectivity index (χ1v) is 9.28. The topological polar surface area (TPSA) is 74.6 Å². The van der Waals surface area contributed by atoms with Crippen LogP contribution in [-0.4, -0.2) is 28.6 Å². The maximum atomic E-state index is 12.1. The van der Waals surface area contributed by atoms with Gasteiger partial charge in [-0.05, 0) is 44.1 Å². The van der Waals surface area contributed by atoms with Crippen LogP contribution in [0.25, 0.3) is 0 Å². The third kappa shape index (κ3) is 6.23. The monoisotopic (exact) mass is 336 g/mol. The van der Waals surface area contributed by atoms with E-state index in [4.69, 9.17) is 5.11 Å². The van der Waals surface area contributed by atoms with Crippen molar-refractivity contribution in [3.63, 3.8) is 0 Å². The van der Waals surface area contributed by atoms with Gasteiger partial charge in [0.05, 0.1) is 12.0 Å². The number of aliphatic carboxylic acids is 1. The van der Waals surface area contributed by atoms with Crippen LogP contribution in [0.15, 0.2) is 24.3 Å². The van der Waals surface area contributed by atoms with Crippen LogP contribution in [0.2, 0.25) is 0 Å². The molecular weight excluding hydrogens is 304 g/mol. The van der Waals surface area contributed by atoms with Gasteiger partial charge in [0.2, 0.25) is 0 Å². The van der Waals surface area contributed by atoms with Crippen LogP contribution in [0.4, 0.5) is 0 Å². The van der Waals surface area contributed by atoms with Crippen molar-refractivity contribution in [2.24, 2.45) is 11.3 Å². The highest BCUT2D eigenvalue weighted by atomic mass is 16.4. The van der Waals surface area contributed by atoms with Crippen LogP contribution in [0.3, 0.4) is 0 Å². The van der Waals surface area contributed by atoms with E-state index in [1.807, 2.05) is 6.08 Å². The summed E-state index contributed by atoms with van der Waals surface area (Å²) in [5.74, 6) is -0.709. The summed E-state index contributed by atoms with van der Waals surface area (Å²) in [6, 6.07) is 0. The molecule has 1 aliphatic carbocycles. The molecule has 0 unspecified atom stereocenters. The number of carbonyl (C=O) groups excluding carboxylic acids is 1. The van der Waals surface area contributed by atoms with E-state index in [-0.39, 0.29) is 18.3 Å². The Labute approximate surface area is 145 Å². The van der Waals surface area contributed by atoms with Crippen molar-refractivity contribution in [3.8, 4) is 0 Å². The molecule has 1 rings (SSSR count). The maximum absolute atomic E-state index is 12.1. The van der Waals surface area contributed by atoms with Gasteiger partial charge in [0.1, 0.15) is 0 Å². The lowest BCUT2D eigenvalue weighted by Gasteiger charge is -2.32. The molecule has 1 saturated carbocycles. The SMILES string of the molecule is CCCCCC(=O)/C=C\[C@@](CC/C=C/CO)(C(=O)O)C1CCCC1. The average molecular weight is 336 g/mol. The zero-order valence-corrected chi connectivity index (χ0v) is 14.9. The molecule has 24 heavy (non-hydrogen) atoms. The molecule has 0 heterocycles. The lowest BCUT2D eigenvalue weighted by molar-refractivity contribution is -0.149. The summed E-state index contributed by atoms with van der Waals surface area (Å²) in [5.41, 5.74) is -0.962. The van der Waals surface area contributed by atoms with E-state index in [1.165, 1.54) is 6.08 Å². The van der Waals surface area contributed by atoms with Crippen LogP contribution in [0, 0.1) is 11.3 Å². The summed E-state index contributed by atoms with van der Waals surface area (Å²) < 4.78 is 0. The van der Waals surface area contributed by atoms with Crippen molar-refractivity contribution in [2.75, 3.05) is 6.61 Å². The number of aliphatic hydroxyl groups is 1. The van der Waals surface area contributed by atoms with Gasteiger partial charge in [0.25, 0.3) is 0 Å². The number of hydrogen-bond acceptors (Lipinski definition) is 3. The van der Waals surface area contributed by atoms with E-state index in [9.17, 15) is 14.7 Å². The molecule has 0 aliphatic heterocycles. The third-order valence-electron chi connectivity index (χ3n) is 5.07. The van der Waals surface area contributed by atoms with Gasteiger partial charge in [0.15, 0.2) is 5.78 Å². The first-order valence-electron chi connectivity index (χ1n) is 9.28. The van der Waals surface area contributed by atoms with E-state index in [1.54, 1.807) is 12.2 Å². The standard InChI is InChI=1S/C20H32O4/c1-2-3-5-12-18(22)13-15-20(19(23)24,14-8-4-9-16-21)17-10-6-7-11-17/h4,9,13,15,17,21H,2-3,5-8,10-12,14,16H2,1H3,(H,23,24)/b9-4+,15-13-/t20-/m1/s1. The molecule has 1 atom stereocenters. The van der Waals surface area contributed by atoms with Crippen LogP contribution in [0.1, 0.15) is 71.1 Å². The third-order valence-corrected chi connectivity index (χ3v) is 5.07. The Morgan fingerprint density at radius 3 is 2.46 bits per heavy atom. The molecule has 0 aromatic heterocycles. The smallest absolute Gasteiger partial charge is 0.313 e. The Kier molecular flexibility index (Phi) is 9.62. The van der Waals surface area contributed by atoms with Gasteiger partial charge in [0, 0.05) is 6.42 Å².